The van der Waals surface area contributed by atoms with E-state index in [4.69, 9.17) is 0 Å². The third-order valence-corrected chi connectivity index (χ3v) is 6.31. The van der Waals surface area contributed by atoms with Crippen LogP contribution >= 0.6 is 27.3 Å². The summed E-state index contributed by atoms with van der Waals surface area (Å²) in [6.07, 6.45) is 0. The minimum Gasteiger partial charge on any atom is -0.351 e. The standard InChI is InChI=1S/C21H25BrN4OS/c1-15-20(16(2)26(24-15)11-17-7-5-4-6-8-17)10-23-21(27)13-25(3)12-19-9-18(22)14-28-19/h4-9,14H,10-13H2,1-3H3,(H,23,27). The molecule has 0 bridgehead atoms. The highest BCUT2D eigenvalue weighted by Gasteiger charge is 2.14. The number of benzene rings is 1. The van der Waals surface area contributed by atoms with Gasteiger partial charge in [-0.15, -0.1) is 11.3 Å². The molecule has 0 aliphatic carbocycles. The molecule has 0 saturated heterocycles. The summed E-state index contributed by atoms with van der Waals surface area (Å²) in [4.78, 5) is 15.6. The van der Waals surface area contributed by atoms with E-state index in [1.54, 1.807) is 11.3 Å². The summed E-state index contributed by atoms with van der Waals surface area (Å²) < 4.78 is 3.09. The lowest BCUT2D eigenvalue weighted by molar-refractivity contribution is -0.122. The van der Waals surface area contributed by atoms with Crippen LogP contribution in [0.3, 0.4) is 0 Å². The van der Waals surface area contributed by atoms with Gasteiger partial charge >= 0.3 is 0 Å². The fourth-order valence-corrected chi connectivity index (χ4v) is 4.68. The number of carbonyl (C=O) groups excluding carboxylic acids is 1. The van der Waals surface area contributed by atoms with Gasteiger partial charge in [0, 0.05) is 39.1 Å². The van der Waals surface area contributed by atoms with E-state index < -0.39 is 0 Å². The Balaban J connectivity index is 1.54. The van der Waals surface area contributed by atoms with Crippen LogP contribution in [-0.2, 0) is 24.4 Å². The smallest absolute Gasteiger partial charge is 0.234 e. The molecule has 3 aromatic rings. The van der Waals surface area contributed by atoms with E-state index >= 15 is 0 Å². The third-order valence-electron chi connectivity index (χ3n) is 4.63. The molecule has 0 aliphatic heterocycles. The van der Waals surface area contributed by atoms with Crippen molar-refractivity contribution in [1.29, 1.82) is 0 Å². The molecule has 1 aromatic carbocycles. The molecule has 0 spiro atoms. The monoisotopic (exact) mass is 460 g/mol. The zero-order valence-corrected chi connectivity index (χ0v) is 18.8. The lowest BCUT2D eigenvalue weighted by Gasteiger charge is -2.15. The van der Waals surface area contributed by atoms with Crippen LogP contribution in [0.15, 0.2) is 46.3 Å². The summed E-state index contributed by atoms with van der Waals surface area (Å²) in [5, 5.41) is 9.75. The van der Waals surface area contributed by atoms with Gasteiger partial charge in [-0.1, -0.05) is 30.3 Å². The number of aromatic nitrogens is 2. The first-order chi connectivity index (χ1) is 13.4. The summed E-state index contributed by atoms with van der Waals surface area (Å²) in [5.74, 6) is 0.0210. The molecule has 1 amide bonds. The molecular formula is C21H25BrN4OS. The molecule has 0 atom stereocenters. The molecule has 0 aliphatic rings. The Bertz CT molecular complexity index is 935. The normalized spacial score (nSPS) is 11.2. The van der Waals surface area contributed by atoms with Crippen molar-refractivity contribution in [2.45, 2.75) is 33.5 Å². The van der Waals surface area contributed by atoms with Crippen molar-refractivity contribution in [3.8, 4) is 0 Å². The molecule has 148 valence electrons. The Hall–Kier alpha value is -1.96. The second kappa shape index (κ2) is 9.49. The maximum atomic E-state index is 12.4. The number of carbonyl (C=O) groups is 1. The Morgan fingerprint density at radius 1 is 1.29 bits per heavy atom. The summed E-state index contributed by atoms with van der Waals surface area (Å²) in [6.45, 7) is 6.43. The van der Waals surface area contributed by atoms with Gasteiger partial charge in [-0.05, 0) is 48.5 Å². The molecule has 1 N–H and O–H groups in total. The number of aryl methyl sites for hydroxylation is 1. The largest absolute Gasteiger partial charge is 0.351 e. The molecule has 0 unspecified atom stereocenters. The molecule has 3 rings (SSSR count). The maximum absolute atomic E-state index is 12.4. The number of likely N-dealkylation sites (N-methyl/N-ethyl adjacent to an activating group) is 1. The number of nitrogens with one attached hydrogen (secondary N) is 1. The number of halogens is 1. The molecule has 2 aromatic heterocycles. The van der Waals surface area contributed by atoms with Crippen LogP contribution in [-0.4, -0.2) is 34.2 Å². The Labute approximate surface area is 178 Å². The highest BCUT2D eigenvalue weighted by molar-refractivity contribution is 9.10. The molecule has 0 saturated carbocycles. The third kappa shape index (κ3) is 5.53. The first-order valence-electron chi connectivity index (χ1n) is 9.17. The van der Waals surface area contributed by atoms with Crippen LogP contribution in [0.2, 0.25) is 0 Å². The van der Waals surface area contributed by atoms with Crippen LogP contribution in [0.25, 0.3) is 0 Å². The Kier molecular flexibility index (Phi) is 7.04. The summed E-state index contributed by atoms with van der Waals surface area (Å²) in [5.41, 5.74) is 4.36. The van der Waals surface area contributed by atoms with Gasteiger partial charge < -0.3 is 5.32 Å². The topological polar surface area (TPSA) is 50.2 Å². The number of rotatable bonds is 8. The van der Waals surface area contributed by atoms with Crippen molar-refractivity contribution in [2.75, 3.05) is 13.6 Å². The van der Waals surface area contributed by atoms with Crippen molar-refractivity contribution in [3.63, 3.8) is 0 Å². The van der Waals surface area contributed by atoms with E-state index in [9.17, 15) is 4.79 Å². The van der Waals surface area contributed by atoms with Crippen LogP contribution in [0.5, 0.6) is 0 Å². The molecule has 2 heterocycles. The van der Waals surface area contributed by atoms with E-state index in [0.29, 0.717) is 13.1 Å². The van der Waals surface area contributed by atoms with Gasteiger partial charge in [0.1, 0.15) is 0 Å². The molecule has 0 fully saturated rings. The fraction of sp³-hybridized carbons (Fsp3) is 0.333. The zero-order chi connectivity index (χ0) is 20.1. The van der Waals surface area contributed by atoms with Crippen molar-refractivity contribution in [2.24, 2.45) is 0 Å². The van der Waals surface area contributed by atoms with Gasteiger partial charge in [0.2, 0.25) is 5.91 Å². The van der Waals surface area contributed by atoms with E-state index in [-0.39, 0.29) is 5.91 Å². The van der Waals surface area contributed by atoms with Gasteiger partial charge in [0.15, 0.2) is 0 Å². The maximum Gasteiger partial charge on any atom is 0.234 e. The van der Waals surface area contributed by atoms with Gasteiger partial charge in [-0.25, -0.2) is 0 Å². The molecular weight excluding hydrogens is 436 g/mol. The number of amides is 1. The summed E-state index contributed by atoms with van der Waals surface area (Å²) in [6, 6.07) is 12.4. The van der Waals surface area contributed by atoms with Crippen LogP contribution in [0.4, 0.5) is 0 Å². The minimum absolute atomic E-state index is 0.0210. The highest BCUT2D eigenvalue weighted by Crippen LogP contribution is 2.20. The van der Waals surface area contributed by atoms with Gasteiger partial charge in [-0.3, -0.25) is 14.4 Å². The lowest BCUT2D eigenvalue weighted by Crippen LogP contribution is -2.34. The SMILES string of the molecule is Cc1nn(Cc2ccccc2)c(C)c1CNC(=O)CN(C)Cc1cc(Br)cs1. The second-order valence-electron chi connectivity index (χ2n) is 6.97. The van der Waals surface area contributed by atoms with Gasteiger partial charge in [0.05, 0.1) is 18.8 Å². The predicted molar refractivity (Wildman–Crippen MR) is 117 cm³/mol. The average Bonchev–Trinajstić information content (AvgIpc) is 3.17. The van der Waals surface area contributed by atoms with E-state index in [1.807, 2.05) is 41.8 Å². The van der Waals surface area contributed by atoms with Crippen molar-refractivity contribution < 1.29 is 4.79 Å². The number of nitrogens with zero attached hydrogens (tertiary/aromatic N) is 3. The second-order valence-corrected chi connectivity index (χ2v) is 8.88. The molecule has 0 radical (unpaired) electrons. The van der Waals surface area contributed by atoms with E-state index in [1.165, 1.54) is 10.4 Å². The summed E-state index contributed by atoms with van der Waals surface area (Å²) >= 11 is 5.16. The molecule has 28 heavy (non-hydrogen) atoms. The zero-order valence-electron chi connectivity index (χ0n) is 16.4. The highest BCUT2D eigenvalue weighted by atomic mass is 79.9. The van der Waals surface area contributed by atoms with Crippen LogP contribution in [0, 0.1) is 13.8 Å². The van der Waals surface area contributed by atoms with Gasteiger partial charge in [-0.2, -0.15) is 5.10 Å². The molecule has 7 heteroatoms. The number of thiophene rings is 1. The van der Waals surface area contributed by atoms with Gasteiger partial charge in [0.25, 0.3) is 0 Å². The summed E-state index contributed by atoms with van der Waals surface area (Å²) in [7, 11) is 1.96. The number of hydrogen-bond donors (Lipinski definition) is 1. The van der Waals surface area contributed by atoms with Crippen molar-refractivity contribution in [3.05, 3.63) is 73.6 Å². The Morgan fingerprint density at radius 2 is 2.04 bits per heavy atom. The minimum atomic E-state index is 0.0210. The van der Waals surface area contributed by atoms with E-state index in [2.05, 4.69) is 56.8 Å². The quantitative estimate of drug-likeness (QED) is 0.549. The predicted octanol–water partition coefficient (Wildman–Crippen LogP) is 4.12. The Morgan fingerprint density at radius 3 is 2.71 bits per heavy atom. The fourth-order valence-electron chi connectivity index (χ4n) is 3.15. The number of hydrogen-bond acceptors (Lipinski definition) is 4. The lowest BCUT2D eigenvalue weighted by atomic mass is 10.2. The van der Waals surface area contributed by atoms with Crippen molar-refractivity contribution >= 4 is 33.2 Å². The van der Waals surface area contributed by atoms with Crippen LogP contribution in [0.1, 0.15) is 27.4 Å². The molecule has 5 nitrogen and oxygen atoms in total. The van der Waals surface area contributed by atoms with Crippen molar-refractivity contribution in [1.82, 2.24) is 20.0 Å². The van der Waals surface area contributed by atoms with E-state index in [0.717, 1.165) is 34.5 Å². The average molecular weight is 461 g/mol. The first kappa shape index (κ1) is 20.8. The first-order valence-corrected chi connectivity index (χ1v) is 10.8. The van der Waals surface area contributed by atoms with Crippen LogP contribution < -0.4 is 5.32 Å².